The van der Waals surface area contributed by atoms with E-state index in [0.717, 1.165) is 16.7 Å². The van der Waals surface area contributed by atoms with Crippen LogP contribution >= 0.6 is 0 Å². The molecule has 2 aromatic carbocycles. The molecule has 35 heavy (non-hydrogen) atoms. The van der Waals surface area contributed by atoms with Crippen LogP contribution in [0, 0.1) is 17.8 Å². The molecular weight excluding hydrogens is 440 g/mol. The molecule has 1 aliphatic carbocycles. The second-order valence-electron chi connectivity index (χ2n) is 9.81. The highest BCUT2D eigenvalue weighted by molar-refractivity contribution is 6.08. The van der Waals surface area contributed by atoms with E-state index in [1.54, 1.807) is 0 Å². The van der Waals surface area contributed by atoms with Crippen LogP contribution in [0.25, 0.3) is 0 Å². The van der Waals surface area contributed by atoms with Gasteiger partial charge in [0.25, 0.3) is 0 Å². The molecule has 0 bridgehead atoms. The number of ether oxygens (including phenoxy) is 1. The summed E-state index contributed by atoms with van der Waals surface area (Å²) in [5, 5.41) is 3.00. The lowest BCUT2D eigenvalue weighted by Gasteiger charge is -2.27. The van der Waals surface area contributed by atoms with E-state index in [1.807, 2.05) is 80.6 Å². The molecule has 0 aromatic heterocycles. The minimum Gasteiger partial charge on any atom is -0.372 e. The fourth-order valence-corrected chi connectivity index (χ4v) is 4.93. The van der Waals surface area contributed by atoms with E-state index in [9.17, 15) is 14.4 Å². The number of carbonyl (C=O) groups is 3. The Morgan fingerprint density at radius 1 is 0.914 bits per heavy atom. The first-order valence-electron chi connectivity index (χ1n) is 12.4. The molecule has 4 rings (SSSR count). The zero-order valence-electron chi connectivity index (χ0n) is 20.5. The Morgan fingerprint density at radius 2 is 1.51 bits per heavy atom. The first-order chi connectivity index (χ1) is 17.0. The van der Waals surface area contributed by atoms with Crippen molar-refractivity contribution in [2.45, 2.75) is 58.9 Å². The van der Waals surface area contributed by atoms with Gasteiger partial charge < -0.3 is 10.1 Å². The van der Waals surface area contributed by atoms with E-state index < -0.39 is 6.04 Å². The number of nitrogens with one attached hydrogen (secondary N) is 1. The van der Waals surface area contributed by atoms with Gasteiger partial charge >= 0.3 is 0 Å². The van der Waals surface area contributed by atoms with Crippen LogP contribution in [-0.2, 0) is 38.9 Å². The number of fused-ring (bicyclic) bond motifs is 1. The smallest absolute Gasteiger partial charge is 0.243 e. The zero-order chi connectivity index (χ0) is 24.8. The van der Waals surface area contributed by atoms with Gasteiger partial charge in [-0.15, -0.1) is 0 Å². The molecule has 1 aliphatic heterocycles. The minimum absolute atomic E-state index is 0.158. The average Bonchev–Trinajstić information content (AvgIpc) is 3.12. The predicted molar refractivity (Wildman–Crippen MR) is 134 cm³/mol. The molecular formula is C29H34N2O4. The first kappa shape index (κ1) is 24.9. The summed E-state index contributed by atoms with van der Waals surface area (Å²) in [6, 6.07) is 17.0. The molecule has 0 spiro atoms. The molecule has 3 amide bonds. The fourth-order valence-electron chi connectivity index (χ4n) is 4.93. The molecule has 6 nitrogen and oxygen atoms in total. The van der Waals surface area contributed by atoms with Crippen LogP contribution in [0.15, 0.2) is 66.7 Å². The lowest BCUT2D eigenvalue weighted by atomic mass is 9.85. The van der Waals surface area contributed by atoms with Gasteiger partial charge in [0.1, 0.15) is 6.04 Å². The number of likely N-dealkylation sites (tertiary alicyclic amines) is 1. The quantitative estimate of drug-likeness (QED) is 0.409. The Labute approximate surface area is 207 Å². The Hall–Kier alpha value is -3.25. The Kier molecular flexibility index (Phi) is 8.13. The van der Waals surface area contributed by atoms with Crippen molar-refractivity contribution in [2.75, 3.05) is 0 Å². The lowest BCUT2D eigenvalue weighted by Crippen LogP contribution is -2.50. The molecule has 0 saturated carbocycles. The van der Waals surface area contributed by atoms with Crippen LogP contribution in [0.3, 0.4) is 0 Å². The van der Waals surface area contributed by atoms with E-state index in [0.29, 0.717) is 39.0 Å². The number of rotatable bonds is 10. The van der Waals surface area contributed by atoms with Crippen molar-refractivity contribution in [1.82, 2.24) is 10.2 Å². The summed E-state index contributed by atoms with van der Waals surface area (Å²) in [7, 11) is 0. The van der Waals surface area contributed by atoms with E-state index in [2.05, 4.69) is 5.32 Å². The Morgan fingerprint density at radius 3 is 2.14 bits per heavy atom. The molecule has 1 fully saturated rings. The standard InChI is InChI=1S/C29H34N2O4/c1-20(2)16-26(31-28(33)24-14-8-9-15-25(24)29(31)34)27(32)30-17-22-12-6-7-13-23(22)19-35-18-21-10-4-3-5-11-21/h3-13,20,24-26H,14-19H2,1-2H3,(H,30,32). The molecule has 2 aliphatic rings. The number of carbonyl (C=O) groups excluding carboxylic acids is 3. The molecule has 3 unspecified atom stereocenters. The third kappa shape index (κ3) is 5.88. The number of allylic oxidation sites excluding steroid dienone is 2. The highest BCUT2D eigenvalue weighted by atomic mass is 16.5. The van der Waals surface area contributed by atoms with Gasteiger partial charge in [-0.2, -0.15) is 0 Å². The van der Waals surface area contributed by atoms with Crippen LogP contribution in [0.4, 0.5) is 0 Å². The number of hydrogen-bond donors (Lipinski definition) is 1. The fraction of sp³-hybridized carbons (Fsp3) is 0.414. The van der Waals surface area contributed by atoms with E-state index in [4.69, 9.17) is 4.74 Å². The van der Waals surface area contributed by atoms with Crippen LogP contribution in [-0.4, -0.2) is 28.7 Å². The molecule has 3 atom stereocenters. The van der Waals surface area contributed by atoms with Crippen molar-refractivity contribution in [1.29, 1.82) is 0 Å². The zero-order valence-corrected chi connectivity index (χ0v) is 20.5. The van der Waals surface area contributed by atoms with E-state index in [1.165, 1.54) is 4.90 Å². The molecule has 1 heterocycles. The Balaban J connectivity index is 1.41. The number of hydrogen-bond acceptors (Lipinski definition) is 4. The van der Waals surface area contributed by atoms with Gasteiger partial charge in [0.2, 0.25) is 17.7 Å². The summed E-state index contributed by atoms with van der Waals surface area (Å²) < 4.78 is 5.90. The van der Waals surface area contributed by atoms with E-state index in [-0.39, 0.29) is 35.5 Å². The molecule has 1 N–H and O–H groups in total. The van der Waals surface area contributed by atoms with Gasteiger partial charge in [-0.1, -0.05) is 80.6 Å². The summed E-state index contributed by atoms with van der Waals surface area (Å²) in [5.74, 6) is -1.22. The van der Waals surface area contributed by atoms with Crippen LogP contribution in [0.5, 0.6) is 0 Å². The van der Waals surface area contributed by atoms with Gasteiger partial charge in [-0.3, -0.25) is 19.3 Å². The van der Waals surface area contributed by atoms with Crippen LogP contribution in [0.2, 0.25) is 0 Å². The third-order valence-electron chi connectivity index (χ3n) is 6.79. The van der Waals surface area contributed by atoms with Crippen molar-refractivity contribution in [3.63, 3.8) is 0 Å². The minimum atomic E-state index is -0.790. The molecule has 6 heteroatoms. The van der Waals surface area contributed by atoms with Gasteiger partial charge in [0.15, 0.2) is 0 Å². The number of benzene rings is 2. The van der Waals surface area contributed by atoms with Gasteiger partial charge in [0, 0.05) is 6.54 Å². The maximum atomic E-state index is 13.3. The SMILES string of the molecule is CC(C)CC(C(=O)NCc1ccccc1COCc1ccccc1)N1C(=O)C2CC=CCC2C1=O. The van der Waals surface area contributed by atoms with Crippen molar-refractivity contribution in [2.24, 2.45) is 17.8 Å². The summed E-state index contributed by atoms with van der Waals surface area (Å²) in [6.07, 6.45) is 5.50. The first-order valence-corrected chi connectivity index (χ1v) is 12.4. The summed E-state index contributed by atoms with van der Waals surface area (Å²) in [6.45, 7) is 5.24. The average molecular weight is 475 g/mol. The van der Waals surface area contributed by atoms with Crippen LogP contribution in [0.1, 0.15) is 49.8 Å². The molecule has 2 aromatic rings. The van der Waals surface area contributed by atoms with Gasteiger partial charge in [-0.25, -0.2) is 0 Å². The normalized spacial score (nSPS) is 20.3. The second kappa shape index (κ2) is 11.5. The molecule has 0 radical (unpaired) electrons. The third-order valence-corrected chi connectivity index (χ3v) is 6.79. The number of nitrogens with zero attached hydrogens (tertiary/aromatic N) is 1. The van der Waals surface area contributed by atoms with Crippen molar-refractivity contribution < 1.29 is 19.1 Å². The summed E-state index contributed by atoms with van der Waals surface area (Å²) in [4.78, 5) is 40.8. The Bertz CT molecular complexity index is 1050. The number of imide groups is 1. The van der Waals surface area contributed by atoms with Crippen LogP contribution < -0.4 is 5.32 Å². The van der Waals surface area contributed by atoms with Crippen molar-refractivity contribution >= 4 is 17.7 Å². The summed E-state index contributed by atoms with van der Waals surface area (Å²) >= 11 is 0. The number of amides is 3. The highest BCUT2D eigenvalue weighted by Crippen LogP contribution is 2.37. The topological polar surface area (TPSA) is 75.7 Å². The second-order valence-corrected chi connectivity index (χ2v) is 9.81. The van der Waals surface area contributed by atoms with E-state index >= 15 is 0 Å². The lowest BCUT2D eigenvalue weighted by molar-refractivity contribution is -0.148. The predicted octanol–water partition coefficient (Wildman–Crippen LogP) is 4.39. The highest BCUT2D eigenvalue weighted by Gasteiger charge is 2.51. The molecule has 184 valence electrons. The van der Waals surface area contributed by atoms with Gasteiger partial charge in [0.05, 0.1) is 25.0 Å². The molecule has 1 saturated heterocycles. The monoisotopic (exact) mass is 474 g/mol. The van der Waals surface area contributed by atoms with Gasteiger partial charge in [-0.05, 0) is 41.9 Å². The summed E-state index contributed by atoms with van der Waals surface area (Å²) in [5.41, 5.74) is 3.05. The maximum absolute atomic E-state index is 13.3. The largest absolute Gasteiger partial charge is 0.372 e. The maximum Gasteiger partial charge on any atom is 0.243 e. The van der Waals surface area contributed by atoms with Crippen molar-refractivity contribution in [3.05, 3.63) is 83.4 Å². The van der Waals surface area contributed by atoms with Crippen molar-refractivity contribution in [3.8, 4) is 0 Å².